The first-order valence-corrected chi connectivity index (χ1v) is 7.05. The van der Waals surface area contributed by atoms with Crippen LogP contribution in [0.4, 0.5) is 0 Å². The van der Waals surface area contributed by atoms with Gasteiger partial charge in [0, 0.05) is 0 Å². The average molecular weight is 222 g/mol. The molecule has 0 spiro atoms. The van der Waals surface area contributed by atoms with E-state index < -0.39 is 0 Å². The highest BCUT2D eigenvalue weighted by molar-refractivity contribution is 5.17. The van der Waals surface area contributed by atoms with E-state index >= 15 is 0 Å². The van der Waals surface area contributed by atoms with Crippen LogP contribution in [-0.4, -0.2) is 0 Å². The van der Waals surface area contributed by atoms with Crippen LogP contribution in [0.1, 0.15) is 54.9 Å². The molecular formula is C16H30. The molecule has 0 aromatic heterocycles. The van der Waals surface area contributed by atoms with Gasteiger partial charge in [0.2, 0.25) is 0 Å². The summed E-state index contributed by atoms with van der Waals surface area (Å²) in [6.45, 7) is 16.6. The van der Waals surface area contributed by atoms with Gasteiger partial charge in [-0.25, -0.2) is 0 Å². The van der Waals surface area contributed by atoms with E-state index in [1.54, 1.807) is 5.57 Å². The van der Waals surface area contributed by atoms with Crippen molar-refractivity contribution >= 4 is 0 Å². The van der Waals surface area contributed by atoms with Gasteiger partial charge in [-0.1, -0.05) is 60.1 Å². The van der Waals surface area contributed by atoms with Gasteiger partial charge >= 0.3 is 0 Å². The third-order valence-electron chi connectivity index (χ3n) is 4.63. The zero-order chi connectivity index (χ0) is 12.5. The first kappa shape index (κ1) is 13.8. The van der Waals surface area contributed by atoms with Gasteiger partial charge < -0.3 is 0 Å². The van der Waals surface area contributed by atoms with Crippen molar-refractivity contribution in [1.82, 2.24) is 0 Å². The predicted molar refractivity (Wildman–Crippen MR) is 73.4 cm³/mol. The topological polar surface area (TPSA) is 0 Å². The Bertz CT molecular complexity index is 245. The quantitative estimate of drug-likeness (QED) is 0.577. The van der Waals surface area contributed by atoms with E-state index in [4.69, 9.17) is 0 Å². The van der Waals surface area contributed by atoms with Gasteiger partial charge in [0.1, 0.15) is 0 Å². The lowest BCUT2D eigenvalue weighted by molar-refractivity contribution is 0.208. The Labute approximate surface area is 103 Å². The van der Waals surface area contributed by atoms with Crippen LogP contribution >= 0.6 is 0 Å². The molecule has 3 unspecified atom stereocenters. The predicted octanol–water partition coefficient (Wildman–Crippen LogP) is 5.15. The van der Waals surface area contributed by atoms with Crippen molar-refractivity contribution in [2.75, 3.05) is 0 Å². The van der Waals surface area contributed by atoms with Gasteiger partial charge in [-0.3, -0.25) is 0 Å². The molecule has 16 heavy (non-hydrogen) atoms. The molecule has 0 bridgehead atoms. The molecule has 0 fully saturated rings. The summed E-state index contributed by atoms with van der Waals surface area (Å²) in [4.78, 5) is 0. The van der Waals surface area contributed by atoms with Crippen molar-refractivity contribution in [3.8, 4) is 0 Å². The number of hydrogen-bond acceptors (Lipinski definition) is 0. The zero-order valence-electron chi connectivity index (χ0n) is 12.2. The summed E-state index contributed by atoms with van der Waals surface area (Å²) in [5, 5.41) is 0. The Morgan fingerprint density at radius 2 is 1.56 bits per heavy atom. The summed E-state index contributed by atoms with van der Waals surface area (Å²) >= 11 is 0. The number of hydrogen-bond donors (Lipinski definition) is 0. The van der Waals surface area contributed by atoms with Crippen LogP contribution in [0.2, 0.25) is 0 Å². The number of allylic oxidation sites excluding steroid dienone is 2. The maximum Gasteiger partial charge on any atom is -0.0169 e. The Hall–Kier alpha value is -0.260. The second-order valence-corrected chi connectivity index (χ2v) is 6.69. The smallest absolute Gasteiger partial charge is 0.0169 e. The van der Waals surface area contributed by atoms with Gasteiger partial charge in [-0.2, -0.15) is 0 Å². The second-order valence-electron chi connectivity index (χ2n) is 6.69. The summed E-state index contributed by atoms with van der Waals surface area (Å²) in [5.41, 5.74) is 1.70. The second kappa shape index (κ2) is 5.38. The van der Waals surface area contributed by atoms with E-state index in [1.165, 1.54) is 6.42 Å². The molecule has 0 heterocycles. The molecule has 0 N–H and O–H groups in total. The van der Waals surface area contributed by atoms with Crippen molar-refractivity contribution in [3.63, 3.8) is 0 Å². The van der Waals surface area contributed by atoms with Gasteiger partial charge in [0.25, 0.3) is 0 Å². The molecule has 0 amide bonds. The molecule has 94 valence electrons. The molecule has 0 saturated carbocycles. The Balaban J connectivity index is 2.84. The first-order valence-electron chi connectivity index (χ1n) is 7.05. The minimum Gasteiger partial charge on any atom is -0.0814 e. The summed E-state index contributed by atoms with van der Waals surface area (Å²) in [6.07, 6.45) is 3.96. The normalized spacial score (nSPS) is 28.0. The van der Waals surface area contributed by atoms with Crippen molar-refractivity contribution in [3.05, 3.63) is 11.6 Å². The maximum absolute atomic E-state index is 2.61. The lowest BCUT2D eigenvalue weighted by Crippen LogP contribution is -2.24. The van der Waals surface area contributed by atoms with Gasteiger partial charge in [0.05, 0.1) is 0 Å². The third-order valence-corrected chi connectivity index (χ3v) is 4.63. The molecule has 0 nitrogen and oxygen atoms in total. The van der Waals surface area contributed by atoms with Crippen LogP contribution in [0.5, 0.6) is 0 Å². The van der Waals surface area contributed by atoms with Crippen LogP contribution in [0.3, 0.4) is 0 Å². The van der Waals surface area contributed by atoms with Gasteiger partial charge in [-0.15, -0.1) is 0 Å². The fourth-order valence-electron chi connectivity index (χ4n) is 2.94. The monoisotopic (exact) mass is 222 g/mol. The Kier molecular flexibility index (Phi) is 4.64. The summed E-state index contributed by atoms with van der Waals surface area (Å²) in [6, 6.07) is 0. The highest BCUT2D eigenvalue weighted by atomic mass is 14.4. The maximum atomic E-state index is 2.61. The van der Waals surface area contributed by atoms with Crippen molar-refractivity contribution in [2.24, 2.45) is 35.5 Å². The highest BCUT2D eigenvalue weighted by Gasteiger charge is 2.34. The molecular weight excluding hydrogens is 192 g/mol. The third kappa shape index (κ3) is 2.90. The van der Waals surface area contributed by atoms with Crippen LogP contribution in [0.15, 0.2) is 11.6 Å². The molecule has 3 atom stereocenters. The van der Waals surface area contributed by atoms with Gasteiger partial charge in [0.15, 0.2) is 0 Å². The van der Waals surface area contributed by atoms with E-state index in [0.29, 0.717) is 0 Å². The fraction of sp³-hybridized carbons (Fsp3) is 0.875. The van der Waals surface area contributed by atoms with Gasteiger partial charge in [-0.05, 0) is 41.9 Å². The molecule has 0 aromatic rings. The molecule has 0 saturated heterocycles. The molecule has 0 aromatic carbocycles. The molecule has 0 radical (unpaired) electrons. The minimum atomic E-state index is 0.741. The highest BCUT2D eigenvalue weighted by Crippen LogP contribution is 2.43. The largest absolute Gasteiger partial charge is 0.0814 e. The van der Waals surface area contributed by atoms with Crippen LogP contribution in [-0.2, 0) is 0 Å². The van der Waals surface area contributed by atoms with E-state index in [9.17, 15) is 0 Å². The first-order chi connectivity index (χ1) is 7.34. The van der Waals surface area contributed by atoms with Crippen molar-refractivity contribution < 1.29 is 0 Å². The minimum absolute atomic E-state index is 0.741. The zero-order valence-corrected chi connectivity index (χ0v) is 12.2. The Morgan fingerprint density at radius 1 is 1.00 bits per heavy atom. The van der Waals surface area contributed by atoms with Crippen molar-refractivity contribution in [2.45, 2.75) is 54.9 Å². The lowest BCUT2D eigenvalue weighted by atomic mass is 9.75. The molecule has 1 rings (SSSR count). The molecule has 1 aliphatic rings. The van der Waals surface area contributed by atoms with E-state index in [1.807, 2.05) is 0 Å². The van der Waals surface area contributed by atoms with E-state index in [0.717, 1.165) is 35.5 Å². The summed E-state index contributed by atoms with van der Waals surface area (Å²) < 4.78 is 0. The van der Waals surface area contributed by atoms with Crippen LogP contribution < -0.4 is 0 Å². The van der Waals surface area contributed by atoms with Crippen LogP contribution in [0.25, 0.3) is 0 Å². The molecule has 0 heteroatoms. The summed E-state index contributed by atoms with van der Waals surface area (Å²) in [7, 11) is 0. The van der Waals surface area contributed by atoms with Crippen molar-refractivity contribution in [1.29, 1.82) is 0 Å². The lowest BCUT2D eigenvalue weighted by Gasteiger charge is -2.30. The summed E-state index contributed by atoms with van der Waals surface area (Å²) in [5.74, 6) is 4.88. The van der Waals surface area contributed by atoms with E-state index in [2.05, 4.69) is 54.5 Å². The fourth-order valence-corrected chi connectivity index (χ4v) is 2.94. The Morgan fingerprint density at radius 3 is 1.94 bits per heavy atom. The molecule has 0 aliphatic heterocycles. The SMILES string of the molecule is CC(C)C1=CC(C(C)C(C)C)C(C(C)C)C1. The average Bonchev–Trinajstić information content (AvgIpc) is 2.60. The van der Waals surface area contributed by atoms with Crippen LogP contribution in [0, 0.1) is 35.5 Å². The molecule has 1 aliphatic carbocycles. The number of rotatable bonds is 4. The van der Waals surface area contributed by atoms with E-state index in [-0.39, 0.29) is 0 Å². The standard InChI is InChI=1S/C16H30/c1-10(2)13(7)16-9-14(11(3)4)8-15(16)12(5)6/h9-13,15-16H,8H2,1-7H3.